The van der Waals surface area contributed by atoms with Gasteiger partial charge in [-0.25, -0.2) is 15.0 Å². The molecule has 8 aromatic carbocycles. The first-order valence-corrected chi connectivity index (χ1v) is 16.2. The molecule has 0 aliphatic rings. The van der Waals surface area contributed by atoms with Crippen molar-refractivity contribution in [2.45, 2.75) is 0 Å². The largest absolute Gasteiger partial charge is 0.208 e. The summed E-state index contributed by atoms with van der Waals surface area (Å²) in [6.45, 7) is 0. The summed E-state index contributed by atoms with van der Waals surface area (Å²) >= 11 is 0. The van der Waals surface area contributed by atoms with Gasteiger partial charge in [-0.1, -0.05) is 158 Å². The number of aromatic nitrogens is 3. The minimum Gasteiger partial charge on any atom is -0.208 e. The Morgan fingerprint density at radius 2 is 0.771 bits per heavy atom. The van der Waals surface area contributed by atoms with Crippen LogP contribution in [0.15, 0.2) is 176 Å². The molecule has 3 nitrogen and oxygen atoms in total. The molecule has 0 aliphatic heterocycles. The Kier molecular flexibility index (Phi) is 6.80. The van der Waals surface area contributed by atoms with Gasteiger partial charge in [0.1, 0.15) is 0 Å². The lowest BCUT2D eigenvalue weighted by atomic mass is 9.97. The molecule has 0 bridgehead atoms. The van der Waals surface area contributed by atoms with E-state index in [9.17, 15) is 0 Å². The molecule has 0 amide bonds. The molecule has 9 rings (SSSR count). The fourth-order valence-electron chi connectivity index (χ4n) is 6.65. The van der Waals surface area contributed by atoms with E-state index in [-0.39, 0.29) is 0 Å². The third-order valence-corrected chi connectivity index (χ3v) is 9.10. The van der Waals surface area contributed by atoms with Crippen LogP contribution in [0.5, 0.6) is 0 Å². The molecule has 0 saturated carbocycles. The molecule has 9 aromatic rings. The van der Waals surface area contributed by atoms with Crippen LogP contribution < -0.4 is 0 Å². The quantitative estimate of drug-likeness (QED) is 0.182. The Balaban J connectivity index is 1.16. The molecule has 0 fully saturated rings. The first-order valence-electron chi connectivity index (χ1n) is 16.2. The van der Waals surface area contributed by atoms with Gasteiger partial charge in [0, 0.05) is 16.7 Å². The number of hydrogen-bond acceptors (Lipinski definition) is 3. The topological polar surface area (TPSA) is 38.7 Å². The SMILES string of the molecule is c1ccc(-c2ccc3cc(-c4cccc(-c5nc(-c6ccccc6)nc(-c6cccc7c6ccc6ccccc67)n5)c4)ccc3c2)cc1. The van der Waals surface area contributed by atoms with Crippen LogP contribution in [0.1, 0.15) is 0 Å². The molecule has 0 spiro atoms. The van der Waals surface area contributed by atoms with E-state index in [0.29, 0.717) is 17.5 Å². The molecular weight excluding hydrogens is 583 g/mol. The number of benzene rings is 8. The van der Waals surface area contributed by atoms with Gasteiger partial charge in [0.05, 0.1) is 0 Å². The van der Waals surface area contributed by atoms with Gasteiger partial charge >= 0.3 is 0 Å². The molecule has 0 unspecified atom stereocenters. The Morgan fingerprint density at radius 3 is 1.54 bits per heavy atom. The average Bonchev–Trinajstić information content (AvgIpc) is 3.17. The molecule has 1 heterocycles. The van der Waals surface area contributed by atoms with Crippen LogP contribution in [0.2, 0.25) is 0 Å². The highest BCUT2D eigenvalue weighted by Gasteiger charge is 2.15. The second-order valence-corrected chi connectivity index (χ2v) is 12.1. The Morgan fingerprint density at radius 1 is 0.250 bits per heavy atom. The van der Waals surface area contributed by atoms with Crippen molar-refractivity contribution < 1.29 is 0 Å². The zero-order valence-electron chi connectivity index (χ0n) is 26.1. The zero-order valence-corrected chi connectivity index (χ0v) is 26.1. The summed E-state index contributed by atoms with van der Waals surface area (Å²) in [5, 5.41) is 7.15. The van der Waals surface area contributed by atoms with Crippen molar-refractivity contribution >= 4 is 32.3 Å². The van der Waals surface area contributed by atoms with Gasteiger partial charge in [-0.05, 0) is 72.8 Å². The Bertz CT molecular complexity index is 2610. The van der Waals surface area contributed by atoms with Crippen molar-refractivity contribution in [2.75, 3.05) is 0 Å². The van der Waals surface area contributed by atoms with Gasteiger partial charge in [0.2, 0.25) is 0 Å². The summed E-state index contributed by atoms with van der Waals surface area (Å²) in [7, 11) is 0. The van der Waals surface area contributed by atoms with Crippen molar-refractivity contribution in [2.24, 2.45) is 0 Å². The van der Waals surface area contributed by atoms with Crippen LogP contribution in [0.4, 0.5) is 0 Å². The normalized spacial score (nSPS) is 11.3. The molecule has 224 valence electrons. The van der Waals surface area contributed by atoms with Crippen LogP contribution >= 0.6 is 0 Å². The molecule has 0 aliphatic carbocycles. The zero-order chi connectivity index (χ0) is 31.9. The lowest BCUT2D eigenvalue weighted by Crippen LogP contribution is -2.00. The lowest BCUT2D eigenvalue weighted by Gasteiger charge is -2.12. The summed E-state index contributed by atoms with van der Waals surface area (Å²) in [6, 6.07) is 61.8. The minimum atomic E-state index is 0.645. The number of hydrogen-bond donors (Lipinski definition) is 0. The van der Waals surface area contributed by atoms with Gasteiger partial charge in [-0.3, -0.25) is 0 Å². The van der Waals surface area contributed by atoms with Crippen LogP contribution in [-0.4, -0.2) is 15.0 Å². The summed E-state index contributed by atoms with van der Waals surface area (Å²) in [6.07, 6.45) is 0. The minimum absolute atomic E-state index is 0.645. The van der Waals surface area contributed by atoms with E-state index in [1.54, 1.807) is 0 Å². The summed E-state index contributed by atoms with van der Waals surface area (Å²) in [5.41, 5.74) is 7.58. The van der Waals surface area contributed by atoms with E-state index >= 15 is 0 Å². The van der Waals surface area contributed by atoms with Crippen molar-refractivity contribution in [3.63, 3.8) is 0 Å². The summed E-state index contributed by atoms with van der Waals surface area (Å²) < 4.78 is 0. The summed E-state index contributed by atoms with van der Waals surface area (Å²) in [5.74, 6) is 1.95. The molecular formula is C45H29N3. The molecule has 3 heteroatoms. The maximum absolute atomic E-state index is 5.13. The predicted octanol–water partition coefficient (Wildman–Crippen LogP) is 11.7. The second kappa shape index (κ2) is 11.7. The van der Waals surface area contributed by atoms with Crippen molar-refractivity contribution in [3.05, 3.63) is 176 Å². The molecule has 0 atom stereocenters. The number of nitrogens with zero attached hydrogens (tertiary/aromatic N) is 3. The smallest absolute Gasteiger partial charge is 0.164 e. The molecule has 1 aromatic heterocycles. The third kappa shape index (κ3) is 5.08. The third-order valence-electron chi connectivity index (χ3n) is 9.10. The van der Waals surface area contributed by atoms with E-state index in [4.69, 9.17) is 15.0 Å². The van der Waals surface area contributed by atoms with Crippen LogP contribution in [0, 0.1) is 0 Å². The summed E-state index contributed by atoms with van der Waals surface area (Å²) in [4.78, 5) is 15.2. The highest BCUT2D eigenvalue weighted by atomic mass is 15.0. The van der Waals surface area contributed by atoms with Gasteiger partial charge in [0.15, 0.2) is 17.5 Å². The maximum atomic E-state index is 5.13. The highest BCUT2D eigenvalue weighted by Crippen LogP contribution is 2.35. The number of rotatable bonds is 5. The lowest BCUT2D eigenvalue weighted by molar-refractivity contribution is 1.08. The Labute approximate surface area is 278 Å². The van der Waals surface area contributed by atoms with Gasteiger partial charge < -0.3 is 0 Å². The van der Waals surface area contributed by atoms with Crippen molar-refractivity contribution in [1.82, 2.24) is 15.0 Å². The first-order chi connectivity index (χ1) is 23.8. The van der Waals surface area contributed by atoms with Gasteiger partial charge in [0.25, 0.3) is 0 Å². The fourth-order valence-corrected chi connectivity index (χ4v) is 6.65. The molecule has 0 radical (unpaired) electrons. The Hall–Kier alpha value is -6.45. The van der Waals surface area contributed by atoms with Gasteiger partial charge in [-0.15, -0.1) is 0 Å². The van der Waals surface area contributed by atoms with Crippen molar-refractivity contribution in [3.8, 4) is 56.4 Å². The first kappa shape index (κ1) is 27.8. The standard InChI is InChI=1S/C45H29N3/c1-3-11-30(12-4-1)34-21-22-37-28-35(23-24-36(37)27-34)33-16-9-17-38(29-33)44-46-43(32-14-5-2-6-15-32)47-45(48-44)42-20-10-19-40-39-18-8-7-13-31(39)25-26-41(40)42/h1-29H. The van der Waals surface area contributed by atoms with E-state index in [2.05, 4.69) is 146 Å². The molecule has 48 heavy (non-hydrogen) atoms. The van der Waals surface area contributed by atoms with E-state index in [0.717, 1.165) is 33.2 Å². The predicted molar refractivity (Wildman–Crippen MR) is 200 cm³/mol. The number of fused-ring (bicyclic) bond motifs is 4. The van der Waals surface area contributed by atoms with Crippen molar-refractivity contribution in [1.29, 1.82) is 0 Å². The molecule has 0 saturated heterocycles. The second-order valence-electron chi connectivity index (χ2n) is 12.1. The maximum Gasteiger partial charge on any atom is 0.164 e. The van der Waals surface area contributed by atoms with E-state index in [1.807, 2.05) is 30.3 Å². The fraction of sp³-hybridized carbons (Fsp3) is 0. The monoisotopic (exact) mass is 611 g/mol. The van der Waals surface area contributed by atoms with E-state index in [1.165, 1.54) is 38.1 Å². The van der Waals surface area contributed by atoms with Crippen LogP contribution in [0.3, 0.4) is 0 Å². The van der Waals surface area contributed by atoms with E-state index < -0.39 is 0 Å². The molecule has 0 N–H and O–H groups in total. The van der Waals surface area contributed by atoms with Crippen LogP contribution in [-0.2, 0) is 0 Å². The van der Waals surface area contributed by atoms with Gasteiger partial charge in [-0.2, -0.15) is 0 Å². The average molecular weight is 612 g/mol. The highest BCUT2D eigenvalue weighted by molar-refractivity contribution is 6.11. The van der Waals surface area contributed by atoms with Crippen LogP contribution in [0.25, 0.3) is 88.7 Å².